The highest BCUT2D eigenvalue weighted by atomic mass is 32.5. The molecule has 2 aliphatic rings. The van der Waals surface area contributed by atoms with Crippen molar-refractivity contribution in [3.05, 3.63) is 77.1 Å². The SMILES string of the molecule is CC(C)(C)[Si](C)(C)O[C@@H]1[C@H](O[PH](=O)O)[C@@H](COP(=S)(OCCC#N)O[C@@H]2[C@H](O[Si](C)(C)C(C)(C)C)[C@@H](CO)O[C@H]2n2cnc3c(NC(=O)c4ccccc4)ncnc32)O[C@H]1c1cnn2c(=O)[nH]cnc12. The van der Waals surface area contributed by atoms with Gasteiger partial charge in [-0.15, -0.1) is 0 Å². The molecule has 380 valence electrons. The molecule has 0 radical (unpaired) electrons. The highest BCUT2D eigenvalue weighted by Crippen LogP contribution is 2.57. The van der Waals surface area contributed by atoms with Gasteiger partial charge in [0.05, 0.1) is 51.2 Å². The number of amides is 1. The fourth-order valence-electron chi connectivity index (χ4n) is 7.42. The topological polar surface area (TPSA) is 291 Å². The smallest absolute Gasteiger partial charge is 0.349 e. The molecule has 2 fully saturated rings. The van der Waals surface area contributed by atoms with Gasteiger partial charge in [-0.05, 0) is 60.2 Å². The summed E-state index contributed by atoms with van der Waals surface area (Å²) in [6.45, 7) is 15.0. The molecule has 7 rings (SSSR count). The number of nitrogens with one attached hydrogen (secondary N) is 2. The molecule has 4 N–H and O–H groups in total. The van der Waals surface area contributed by atoms with Crippen molar-refractivity contribution >= 4 is 72.0 Å². The first-order valence-corrected chi connectivity index (χ1v) is 32.1. The minimum atomic E-state index is -4.11. The second-order valence-corrected chi connectivity index (χ2v) is 33.1. The van der Waals surface area contributed by atoms with Crippen LogP contribution in [0.25, 0.3) is 16.8 Å². The predicted molar refractivity (Wildman–Crippen MR) is 263 cm³/mol. The number of carbonyl (C=O) groups excluding carboxylic acids is 1. The van der Waals surface area contributed by atoms with Gasteiger partial charge in [0, 0.05) is 11.1 Å². The van der Waals surface area contributed by atoms with Crippen LogP contribution in [0.5, 0.6) is 0 Å². The molecular formula is C42H60N10O13P2SSi2. The van der Waals surface area contributed by atoms with E-state index >= 15 is 0 Å². The van der Waals surface area contributed by atoms with E-state index in [1.165, 1.54) is 25.2 Å². The van der Waals surface area contributed by atoms with Crippen molar-refractivity contribution in [2.75, 3.05) is 25.1 Å². The fraction of sp³-hybridized carbons (Fsp3) is 0.571. The van der Waals surface area contributed by atoms with Crippen molar-refractivity contribution < 1.29 is 55.8 Å². The number of imidazole rings is 1. The minimum absolute atomic E-state index is 0.108. The molecule has 10 atom stereocenters. The highest BCUT2D eigenvalue weighted by Gasteiger charge is 2.56. The van der Waals surface area contributed by atoms with Crippen LogP contribution in [0.1, 0.15) is 76.2 Å². The largest absolute Gasteiger partial charge is 0.408 e. The number of aliphatic hydroxyl groups is 1. The standard InChI is InChI=1S/C42H60N10O13P2SSi2/c1-41(2,3)69(7,8)64-32-27(20-53)61-39(51-24-48-29-35(44-22-46-37(29)51)50-38(54)25-15-12-11-13-16-25)34(32)63-67(68,58-18-14-17-43)59-21-28-31(62-66(56)57)33(65-70(9,10)42(4,5)6)30(60-28)26-19-49-52-36(26)45-23-47-40(52)55/h11-13,15-16,19,22-24,27-28,30-34,39,53,66H,14,18,20-21H2,1-10H3,(H,56,57)(H,45,47,55)(H,44,46,50,54)/t27-,28-,30+,31-,32-,33+,34-,39-,67?/m1/s1. The van der Waals surface area contributed by atoms with E-state index in [0.717, 1.165) is 4.52 Å². The molecule has 23 nitrogen and oxygen atoms in total. The summed E-state index contributed by atoms with van der Waals surface area (Å²) >= 11 is 6.19. The van der Waals surface area contributed by atoms with Crippen molar-refractivity contribution in [3.8, 4) is 6.07 Å². The Morgan fingerprint density at radius 2 is 1.64 bits per heavy atom. The first-order chi connectivity index (χ1) is 32.9. The van der Waals surface area contributed by atoms with Crippen LogP contribution in [0, 0.1) is 11.3 Å². The van der Waals surface area contributed by atoms with Crippen LogP contribution < -0.4 is 11.0 Å². The van der Waals surface area contributed by atoms with Gasteiger partial charge in [0.1, 0.15) is 49.1 Å². The zero-order chi connectivity index (χ0) is 51.0. The van der Waals surface area contributed by atoms with Gasteiger partial charge in [-0.2, -0.15) is 14.9 Å². The van der Waals surface area contributed by atoms with E-state index in [-0.39, 0.29) is 45.7 Å². The molecule has 2 saturated heterocycles. The lowest BCUT2D eigenvalue weighted by Gasteiger charge is -2.41. The first-order valence-electron chi connectivity index (χ1n) is 22.5. The summed E-state index contributed by atoms with van der Waals surface area (Å²) in [7, 11) is -9.11. The summed E-state index contributed by atoms with van der Waals surface area (Å²) in [6, 6.07) is 10.6. The van der Waals surface area contributed by atoms with E-state index in [1.807, 2.05) is 53.0 Å². The third-order valence-electron chi connectivity index (χ3n) is 13.1. The van der Waals surface area contributed by atoms with Gasteiger partial charge in [0.2, 0.25) is 0 Å². The third-order valence-corrected chi connectivity index (χ3v) is 24.9. The Hall–Kier alpha value is -4.01. The van der Waals surface area contributed by atoms with E-state index in [4.69, 9.17) is 48.2 Å². The maximum Gasteiger partial charge on any atom is 0.349 e. The molecule has 70 heavy (non-hydrogen) atoms. The summed E-state index contributed by atoms with van der Waals surface area (Å²) < 4.78 is 67.9. The number of aromatic nitrogens is 8. The van der Waals surface area contributed by atoms with E-state index in [9.17, 15) is 29.4 Å². The molecule has 0 aliphatic carbocycles. The molecule has 0 saturated carbocycles. The molecule has 2 unspecified atom stereocenters. The zero-order valence-electron chi connectivity index (χ0n) is 40.5. The molecule has 0 bridgehead atoms. The van der Waals surface area contributed by atoms with Crippen LogP contribution in [0.2, 0.25) is 36.3 Å². The number of aliphatic hydroxyl groups excluding tert-OH is 1. The Bertz CT molecular complexity index is 2840. The zero-order valence-corrected chi connectivity index (χ0v) is 45.2. The van der Waals surface area contributed by atoms with Gasteiger partial charge in [-0.25, -0.2) is 24.7 Å². The van der Waals surface area contributed by atoms with Crippen LogP contribution in [-0.2, 0) is 52.8 Å². The summed E-state index contributed by atoms with van der Waals surface area (Å²) in [4.78, 5) is 56.6. The quantitative estimate of drug-likeness (QED) is 0.0422. The number of rotatable bonds is 19. The van der Waals surface area contributed by atoms with E-state index in [1.54, 1.807) is 34.9 Å². The van der Waals surface area contributed by atoms with Gasteiger partial charge in [-0.3, -0.25) is 23.4 Å². The Kier molecular flexibility index (Phi) is 16.3. The highest BCUT2D eigenvalue weighted by molar-refractivity contribution is 8.07. The van der Waals surface area contributed by atoms with Gasteiger partial charge < -0.3 is 47.2 Å². The van der Waals surface area contributed by atoms with Crippen LogP contribution in [0.15, 0.2) is 60.3 Å². The lowest BCUT2D eigenvalue weighted by Crippen LogP contribution is -2.50. The van der Waals surface area contributed by atoms with Crippen molar-refractivity contribution in [2.45, 2.75) is 133 Å². The first kappa shape index (κ1) is 53.8. The fourth-order valence-corrected chi connectivity index (χ4v) is 12.6. The molecule has 0 spiro atoms. The second kappa shape index (κ2) is 21.2. The Balaban J connectivity index is 1.27. The van der Waals surface area contributed by atoms with Crippen LogP contribution >= 0.6 is 15.0 Å². The lowest BCUT2D eigenvalue weighted by molar-refractivity contribution is -0.0522. The average molecular weight is 1060 g/mol. The maximum atomic E-state index is 13.3. The number of H-pyrrole nitrogens is 1. The Morgan fingerprint density at radius 1 is 0.957 bits per heavy atom. The number of hydrogen-bond acceptors (Lipinski definition) is 19. The van der Waals surface area contributed by atoms with Gasteiger partial charge in [-0.1, -0.05) is 59.7 Å². The minimum Gasteiger partial charge on any atom is -0.408 e. The number of hydrogen-bond donors (Lipinski definition) is 4. The van der Waals surface area contributed by atoms with Gasteiger partial charge in [0.25, 0.3) is 5.91 Å². The van der Waals surface area contributed by atoms with Crippen molar-refractivity contribution in [3.63, 3.8) is 0 Å². The molecule has 2 aliphatic heterocycles. The molecule has 1 amide bonds. The number of ether oxygens (including phenoxy) is 2. The number of benzene rings is 1. The molecule has 5 aromatic rings. The van der Waals surface area contributed by atoms with Crippen molar-refractivity contribution in [1.82, 2.24) is 39.1 Å². The van der Waals surface area contributed by atoms with Gasteiger partial charge >= 0.3 is 20.7 Å². The number of nitrogens with zero attached hydrogens (tertiary/aromatic N) is 8. The van der Waals surface area contributed by atoms with Crippen molar-refractivity contribution in [2.24, 2.45) is 0 Å². The number of carbonyl (C=O) groups is 1. The molecule has 28 heteroatoms. The van der Waals surface area contributed by atoms with Crippen LogP contribution in [-0.4, -0.2) is 128 Å². The van der Waals surface area contributed by atoms with Crippen molar-refractivity contribution in [1.29, 1.82) is 5.26 Å². The molecule has 1 aromatic carbocycles. The second-order valence-electron chi connectivity index (χ2n) is 19.8. The number of nitriles is 1. The molecule has 6 heterocycles. The van der Waals surface area contributed by atoms with E-state index < -0.39 is 105 Å². The van der Waals surface area contributed by atoms with E-state index in [2.05, 4.69) is 56.1 Å². The summed E-state index contributed by atoms with van der Waals surface area (Å²) in [6.07, 6.45) is -3.75. The summed E-state index contributed by atoms with van der Waals surface area (Å²) in [5.41, 5.74) is 0.774. The number of aromatic amines is 1. The van der Waals surface area contributed by atoms with Crippen LogP contribution in [0.4, 0.5) is 5.82 Å². The number of fused-ring (bicyclic) bond motifs is 2. The summed E-state index contributed by atoms with van der Waals surface area (Å²) in [5.74, 6) is -0.307. The number of anilines is 1. The third kappa shape index (κ3) is 11.4. The average Bonchev–Trinajstić information content (AvgIpc) is 4.07. The van der Waals surface area contributed by atoms with E-state index in [0.29, 0.717) is 11.1 Å². The maximum absolute atomic E-state index is 13.3. The summed E-state index contributed by atoms with van der Waals surface area (Å²) in [5, 5.41) is 26.9. The normalized spacial score (nSPS) is 24.7. The lowest BCUT2D eigenvalue weighted by atomic mass is 10.0. The Labute approximate surface area is 412 Å². The molecular weight excluding hydrogens is 1000 g/mol. The van der Waals surface area contributed by atoms with Gasteiger partial charge in [0.15, 0.2) is 45.5 Å². The Morgan fingerprint density at radius 3 is 2.29 bits per heavy atom. The predicted octanol–water partition coefficient (Wildman–Crippen LogP) is 5.94. The van der Waals surface area contributed by atoms with Crippen LogP contribution in [0.3, 0.4) is 0 Å². The monoisotopic (exact) mass is 1060 g/mol. The molecule has 4 aromatic heterocycles.